The molecule has 0 aromatic heterocycles. The highest BCUT2D eigenvalue weighted by Crippen LogP contribution is 2.26. The summed E-state index contributed by atoms with van der Waals surface area (Å²) in [5.74, 6) is 0.471. The average molecular weight is 341 g/mol. The van der Waals surface area contributed by atoms with E-state index in [9.17, 15) is 8.42 Å². The van der Waals surface area contributed by atoms with E-state index >= 15 is 0 Å². The molecule has 0 heterocycles. The minimum absolute atomic E-state index is 0.115. The quantitative estimate of drug-likeness (QED) is 0.884. The van der Waals surface area contributed by atoms with Gasteiger partial charge in [-0.1, -0.05) is 25.4 Å². The van der Waals surface area contributed by atoms with Crippen LogP contribution >= 0.6 is 27.5 Å². The van der Waals surface area contributed by atoms with Gasteiger partial charge in [0.05, 0.1) is 11.4 Å². The summed E-state index contributed by atoms with van der Waals surface area (Å²) < 4.78 is 26.8. The zero-order valence-electron chi connectivity index (χ0n) is 9.70. The van der Waals surface area contributed by atoms with Gasteiger partial charge in [-0.3, -0.25) is 4.72 Å². The zero-order chi connectivity index (χ0) is 13.1. The molecule has 0 radical (unpaired) electrons. The van der Waals surface area contributed by atoms with Gasteiger partial charge in [-0.2, -0.15) is 0 Å². The molecule has 3 nitrogen and oxygen atoms in total. The number of benzene rings is 1. The van der Waals surface area contributed by atoms with Crippen molar-refractivity contribution in [3.8, 4) is 0 Å². The molecule has 1 N–H and O–H groups in total. The minimum Gasteiger partial charge on any atom is -0.282 e. The molecule has 1 aromatic carbocycles. The largest absolute Gasteiger partial charge is 0.282 e. The van der Waals surface area contributed by atoms with Crippen LogP contribution in [0.15, 0.2) is 22.7 Å². The van der Waals surface area contributed by atoms with Crippen LogP contribution in [0.5, 0.6) is 0 Å². The lowest BCUT2D eigenvalue weighted by atomic mass is 10.2. The van der Waals surface area contributed by atoms with Crippen LogP contribution in [-0.2, 0) is 10.0 Å². The van der Waals surface area contributed by atoms with Gasteiger partial charge in [0.2, 0.25) is 10.0 Å². The normalized spacial score (nSPS) is 11.8. The second kappa shape index (κ2) is 6.07. The van der Waals surface area contributed by atoms with Crippen LogP contribution in [0.1, 0.15) is 20.3 Å². The van der Waals surface area contributed by atoms with E-state index in [0.717, 1.165) is 0 Å². The van der Waals surface area contributed by atoms with Gasteiger partial charge in [-0.25, -0.2) is 8.42 Å². The summed E-state index contributed by atoms with van der Waals surface area (Å²) in [6.07, 6.45) is 0.632. The van der Waals surface area contributed by atoms with Gasteiger partial charge < -0.3 is 0 Å². The summed E-state index contributed by atoms with van der Waals surface area (Å²) in [4.78, 5) is 0. The lowest BCUT2D eigenvalue weighted by Gasteiger charge is -2.11. The van der Waals surface area contributed by atoms with E-state index < -0.39 is 10.0 Å². The molecular formula is C11H15BrClNO2S. The van der Waals surface area contributed by atoms with Gasteiger partial charge in [0.1, 0.15) is 0 Å². The maximum absolute atomic E-state index is 11.8. The Bertz CT molecular complexity index is 488. The van der Waals surface area contributed by atoms with Crippen molar-refractivity contribution in [1.29, 1.82) is 0 Å². The molecule has 6 heteroatoms. The smallest absolute Gasteiger partial charge is 0.232 e. The third-order valence-corrected chi connectivity index (χ3v) is 4.39. The highest BCUT2D eigenvalue weighted by Gasteiger charge is 2.13. The van der Waals surface area contributed by atoms with E-state index in [2.05, 4.69) is 20.7 Å². The molecular weight excluding hydrogens is 326 g/mol. The topological polar surface area (TPSA) is 46.2 Å². The van der Waals surface area contributed by atoms with Gasteiger partial charge in [-0.05, 0) is 46.5 Å². The summed E-state index contributed by atoms with van der Waals surface area (Å²) in [6.45, 7) is 3.98. The Kier molecular flexibility index (Phi) is 5.28. The van der Waals surface area contributed by atoms with E-state index in [1.54, 1.807) is 18.2 Å². The molecule has 0 saturated heterocycles. The van der Waals surface area contributed by atoms with Gasteiger partial charge >= 0.3 is 0 Å². The summed E-state index contributed by atoms with van der Waals surface area (Å²) in [7, 11) is -3.31. The average Bonchev–Trinajstić information content (AvgIpc) is 2.20. The Morgan fingerprint density at radius 1 is 1.41 bits per heavy atom. The van der Waals surface area contributed by atoms with Crippen molar-refractivity contribution < 1.29 is 8.42 Å². The fourth-order valence-electron chi connectivity index (χ4n) is 1.19. The maximum Gasteiger partial charge on any atom is 0.232 e. The van der Waals surface area contributed by atoms with Crippen molar-refractivity contribution in [3.63, 3.8) is 0 Å². The standard InChI is InChI=1S/C11H15BrClNO2S/c1-8(2)5-6-17(15,16)14-11-7-9(13)3-4-10(11)12/h3-4,7-8,14H,5-6H2,1-2H3. The number of hydrogen-bond donors (Lipinski definition) is 1. The first kappa shape index (κ1) is 14.8. The van der Waals surface area contributed by atoms with Crippen LogP contribution < -0.4 is 4.72 Å². The predicted octanol–water partition coefficient (Wildman–Crippen LogP) is 3.89. The van der Waals surface area contributed by atoms with E-state index in [-0.39, 0.29) is 5.75 Å². The van der Waals surface area contributed by atoms with Crippen LogP contribution in [-0.4, -0.2) is 14.2 Å². The second-order valence-corrected chi connectivity index (χ2v) is 7.36. The number of nitrogens with one attached hydrogen (secondary N) is 1. The third-order valence-electron chi connectivity index (χ3n) is 2.16. The lowest BCUT2D eigenvalue weighted by Crippen LogP contribution is -2.18. The molecule has 17 heavy (non-hydrogen) atoms. The monoisotopic (exact) mass is 339 g/mol. The fourth-order valence-corrected chi connectivity index (χ4v) is 3.22. The fraction of sp³-hybridized carbons (Fsp3) is 0.455. The van der Waals surface area contributed by atoms with Crippen LogP contribution in [0.4, 0.5) is 5.69 Å². The third kappa shape index (κ3) is 5.27. The summed E-state index contributed by atoms with van der Waals surface area (Å²) >= 11 is 9.10. The van der Waals surface area contributed by atoms with Crippen molar-refractivity contribution in [1.82, 2.24) is 0 Å². The highest BCUT2D eigenvalue weighted by molar-refractivity contribution is 9.10. The second-order valence-electron chi connectivity index (χ2n) is 4.23. The molecule has 0 bridgehead atoms. The first-order valence-corrected chi connectivity index (χ1v) is 8.08. The van der Waals surface area contributed by atoms with Crippen molar-refractivity contribution in [2.24, 2.45) is 5.92 Å². The van der Waals surface area contributed by atoms with Gasteiger partial charge in [0, 0.05) is 9.50 Å². The predicted molar refractivity (Wildman–Crippen MR) is 76.0 cm³/mol. The molecule has 0 amide bonds. The molecule has 96 valence electrons. The molecule has 0 spiro atoms. The first-order chi connectivity index (χ1) is 7.80. The SMILES string of the molecule is CC(C)CCS(=O)(=O)Nc1cc(Cl)ccc1Br. The molecule has 0 saturated carbocycles. The Labute approximate surface area is 116 Å². The molecule has 0 aliphatic heterocycles. The molecule has 0 aliphatic rings. The molecule has 0 aliphatic carbocycles. The molecule has 0 unspecified atom stereocenters. The van der Waals surface area contributed by atoms with Gasteiger partial charge in [0.15, 0.2) is 0 Å². The maximum atomic E-state index is 11.8. The lowest BCUT2D eigenvalue weighted by molar-refractivity contribution is 0.578. The van der Waals surface area contributed by atoms with E-state index in [1.165, 1.54) is 0 Å². The van der Waals surface area contributed by atoms with Crippen molar-refractivity contribution in [2.45, 2.75) is 20.3 Å². The number of hydrogen-bond acceptors (Lipinski definition) is 2. The zero-order valence-corrected chi connectivity index (χ0v) is 12.9. The van der Waals surface area contributed by atoms with Crippen molar-refractivity contribution in [2.75, 3.05) is 10.5 Å². The van der Waals surface area contributed by atoms with E-state index in [0.29, 0.717) is 27.5 Å². The Balaban J connectivity index is 2.79. The summed E-state index contributed by atoms with van der Waals surface area (Å²) in [5.41, 5.74) is 0.473. The number of rotatable bonds is 5. The highest BCUT2D eigenvalue weighted by atomic mass is 79.9. The van der Waals surface area contributed by atoms with Crippen molar-refractivity contribution in [3.05, 3.63) is 27.7 Å². The van der Waals surface area contributed by atoms with Crippen LogP contribution in [0, 0.1) is 5.92 Å². The number of anilines is 1. The van der Waals surface area contributed by atoms with Crippen LogP contribution in [0.2, 0.25) is 5.02 Å². The first-order valence-electron chi connectivity index (χ1n) is 5.26. The summed E-state index contributed by atoms with van der Waals surface area (Å²) in [6, 6.07) is 4.98. The van der Waals surface area contributed by atoms with Crippen LogP contribution in [0.25, 0.3) is 0 Å². The molecule has 1 rings (SSSR count). The number of sulfonamides is 1. The molecule has 1 aromatic rings. The Morgan fingerprint density at radius 2 is 2.06 bits per heavy atom. The Morgan fingerprint density at radius 3 is 2.65 bits per heavy atom. The Hall–Kier alpha value is -0.260. The van der Waals surface area contributed by atoms with Gasteiger partial charge in [-0.15, -0.1) is 0 Å². The molecule has 0 fully saturated rings. The van der Waals surface area contributed by atoms with Crippen LogP contribution in [0.3, 0.4) is 0 Å². The van der Waals surface area contributed by atoms with E-state index in [1.807, 2.05) is 13.8 Å². The van der Waals surface area contributed by atoms with Crippen molar-refractivity contribution >= 4 is 43.2 Å². The van der Waals surface area contributed by atoms with E-state index in [4.69, 9.17) is 11.6 Å². The molecule has 0 atom stereocenters. The number of halogens is 2. The minimum atomic E-state index is -3.31. The van der Waals surface area contributed by atoms with Gasteiger partial charge in [0.25, 0.3) is 0 Å². The summed E-state index contributed by atoms with van der Waals surface area (Å²) in [5, 5.41) is 0.495.